The highest BCUT2D eigenvalue weighted by molar-refractivity contribution is 8.14. The second kappa shape index (κ2) is 5.00. The van der Waals surface area contributed by atoms with Crippen molar-refractivity contribution >= 4 is 28.6 Å². The highest BCUT2D eigenvalue weighted by Gasteiger charge is 2.34. The molecule has 2 rings (SSSR count). The Bertz CT molecular complexity index is 504. The fourth-order valence-electron chi connectivity index (χ4n) is 2.23. The molecular formula is C13H19N3O2S. The summed E-state index contributed by atoms with van der Waals surface area (Å²) >= 11 is 1.25. The van der Waals surface area contributed by atoms with Gasteiger partial charge in [-0.05, 0) is 20.8 Å². The van der Waals surface area contributed by atoms with Crippen molar-refractivity contribution in [1.29, 1.82) is 0 Å². The molecule has 5 nitrogen and oxygen atoms in total. The number of anilines is 1. The van der Waals surface area contributed by atoms with Crippen molar-refractivity contribution in [3.63, 3.8) is 0 Å². The Morgan fingerprint density at radius 1 is 1.47 bits per heavy atom. The Labute approximate surface area is 117 Å². The Hall–Kier alpha value is -1.30. The highest BCUT2D eigenvalue weighted by Crippen LogP contribution is 2.30. The number of amides is 1. The third kappa shape index (κ3) is 3.00. The van der Waals surface area contributed by atoms with E-state index in [4.69, 9.17) is 0 Å². The quantitative estimate of drug-likeness (QED) is 0.832. The summed E-state index contributed by atoms with van der Waals surface area (Å²) in [5.41, 5.74) is -0.176. The topological polar surface area (TPSA) is 55.2 Å². The lowest BCUT2D eigenvalue weighted by Crippen LogP contribution is -2.32. The molecule has 1 aromatic heterocycles. The van der Waals surface area contributed by atoms with E-state index in [2.05, 4.69) is 5.10 Å². The summed E-state index contributed by atoms with van der Waals surface area (Å²) in [6.07, 6.45) is 2.12. The smallest absolute Gasteiger partial charge is 0.229 e. The molecule has 0 aliphatic carbocycles. The van der Waals surface area contributed by atoms with Crippen LogP contribution in [0.5, 0.6) is 0 Å². The molecule has 104 valence electrons. The maximum absolute atomic E-state index is 12.1. The molecule has 1 aliphatic rings. The number of aromatic nitrogens is 2. The van der Waals surface area contributed by atoms with Gasteiger partial charge in [-0.15, -0.1) is 0 Å². The first-order valence-corrected chi connectivity index (χ1v) is 7.19. The Morgan fingerprint density at radius 2 is 2.16 bits per heavy atom. The van der Waals surface area contributed by atoms with Crippen LogP contribution in [0.15, 0.2) is 12.3 Å². The SMILES string of the molecule is CC(=O)SC1CC(=O)N(c2ccnn2C(C)(C)C)C1. The predicted octanol–water partition coefficient (Wildman–Crippen LogP) is 2.02. The number of carbonyl (C=O) groups is 2. The molecule has 0 bridgehead atoms. The second-order valence-corrected chi connectivity index (χ2v) is 7.19. The van der Waals surface area contributed by atoms with Crippen LogP contribution >= 0.6 is 11.8 Å². The average molecular weight is 281 g/mol. The van der Waals surface area contributed by atoms with E-state index in [-0.39, 0.29) is 21.8 Å². The van der Waals surface area contributed by atoms with Gasteiger partial charge in [-0.2, -0.15) is 5.10 Å². The fourth-order valence-corrected chi connectivity index (χ4v) is 3.15. The van der Waals surface area contributed by atoms with Gasteiger partial charge in [-0.3, -0.25) is 14.5 Å². The van der Waals surface area contributed by atoms with Gasteiger partial charge in [0, 0.05) is 31.2 Å². The van der Waals surface area contributed by atoms with E-state index in [0.717, 1.165) is 5.82 Å². The largest absolute Gasteiger partial charge is 0.296 e. The number of carbonyl (C=O) groups excluding carboxylic acids is 2. The maximum Gasteiger partial charge on any atom is 0.229 e. The molecular weight excluding hydrogens is 262 g/mol. The Morgan fingerprint density at radius 3 is 2.74 bits per heavy atom. The van der Waals surface area contributed by atoms with E-state index in [0.29, 0.717) is 13.0 Å². The van der Waals surface area contributed by atoms with Gasteiger partial charge in [0.25, 0.3) is 0 Å². The zero-order valence-electron chi connectivity index (χ0n) is 11.7. The molecule has 1 fully saturated rings. The van der Waals surface area contributed by atoms with E-state index in [1.165, 1.54) is 18.7 Å². The lowest BCUT2D eigenvalue weighted by molar-refractivity contribution is -0.117. The van der Waals surface area contributed by atoms with E-state index in [1.807, 2.05) is 31.5 Å². The first-order chi connectivity index (χ1) is 8.79. The summed E-state index contributed by atoms with van der Waals surface area (Å²) in [4.78, 5) is 25.0. The third-order valence-corrected chi connectivity index (χ3v) is 3.94. The monoisotopic (exact) mass is 281 g/mol. The van der Waals surface area contributed by atoms with Gasteiger partial charge < -0.3 is 0 Å². The summed E-state index contributed by atoms with van der Waals surface area (Å²) < 4.78 is 1.85. The second-order valence-electron chi connectivity index (χ2n) is 5.71. The number of nitrogens with zero attached hydrogens (tertiary/aromatic N) is 3. The zero-order valence-corrected chi connectivity index (χ0v) is 12.5. The van der Waals surface area contributed by atoms with Crippen molar-refractivity contribution in [2.24, 2.45) is 0 Å². The van der Waals surface area contributed by atoms with Crippen molar-refractivity contribution in [3.8, 4) is 0 Å². The molecule has 6 heteroatoms. The van der Waals surface area contributed by atoms with Crippen molar-refractivity contribution < 1.29 is 9.59 Å². The van der Waals surface area contributed by atoms with Crippen molar-refractivity contribution in [1.82, 2.24) is 9.78 Å². The Balaban J connectivity index is 2.22. The van der Waals surface area contributed by atoms with Crippen molar-refractivity contribution in [3.05, 3.63) is 12.3 Å². The minimum Gasteiger partial charge on any atom is -0.296 e. The minimum absolute atomic E-state index is 0.0494. The van der Waals surface area contributed by atoms with Crippen LogP contribution in [0.3, 0.4) is 0 Å². The van der Waals surface area contributed by atoms with Crippen LogP contribution < -0.4 is 4.90 Å². The lowest BCUT2D eigenvalue weighted by atomic mass is 10.1. The predicted molar refractivity (Wildman–Crippen MR) is 76.3 cm³/mol. The summed E-state index contributed by atoms with van der Waals surface area (Å²) in [6, 6.07) is 1.85. The summed E-state index contributed by atoms with van der Waals surface area (Å²) in [5.74, 6) is 0.869. The van der Waals surface area contributed by atoms with Crippen LogP contribution in [0.25, 0.3) is 0 Å². The molecule has 1 aliphatic heterocycles. The van der Waals surface area contributed by atoms with Crippen LogP contribution in [0.2, 0.25) is 0 Å². The molecule has 1 saturated heterocycles. The van der Waals surface area contributed by atoms with Crippen LogP contribution in [-0.2, 0) is 15.1 Å². The molecule has 0 aromatic carbocycles. The van der Waals surface area contributed by atoms with E-state index >= 15 is 0 Å². The fraction of sp³-hybridized carbons (Fsp3) is 0.615. The zero-order chi connectivity index (χ0) is 14.2. The molecule has 0 saturated carbocycles. The molecule has 1 unspecified atom stereocenters. The van der Waals surface area contributed by atoms with Gasteiger partial charge in [0.05, 0.1) is 11.7 Å². The van der Waals surface area contributed by atoms with Gasteiger partial charge in [0.2, 0.25) is 5.91 Å². The van der Waals surface area contributed by atoms with Gasteiger partial charge in [-0.1, -0.05) is 11.8 Å². The molecule has 1 aromatic rings. The van der Waals surface area contributed by atoms with Gasteiger partial charge in [-0.25, -0.2) is 4.68 Å². The molecule has 1 atom stereocenters. The first kappa shape index (κ1) is 14.1. The van der Waals surface area contributed by atoms with Crippen LogP contribution in [0.4, 0.5) is 5.82 Å². The third-order valence-electron chi connectivity index (χ3n) is 2.96. The highest BCUT2D eigenvalue weighted by atomic mass is 32.2. The van der Waals surface area contributed by atoms with Crippen LogP contribution in [0, 0.1) is 0 Å². The molecule has 19 heavy (non-hydrogen) atoms. The maximum atomic E-state index is 12.1. The number of hydrogen-bond donors (Lipinski definition) is 0. The summed E-state index contributed by atoms with van der Waals surface area (Å²) in [5, 5.41) is 4.41. The van der Waals surface area contributed by atoms with E-state index in [1.54, 1.807) is 11.1 Å². The van der Waals surface area contributed by atoms with E-state index in [9.17, 15) is 9.59 Å². The molecule has 1 amide bonds. The van der Waals surface area contributed by atoms with Crippen LogP contribution in [-0.4, -0.2) is 32.6 Å². The lowest BCUT2D eigenvalue weighted by Gasteiger charge is -2.26. The van der Waals surface area contributed by atoms with E-state index < -0.39 is 0 Å². The minimum atomic E-state index is -0.176. The number of rotatable bonds is 2. The normalized spacial score (nSPS) is 20.1. The van der Waals surface area contributed by atoms with Crippen molar-refractivity contribution in [2.75, 3.05) is 11.4 Å². The molecule has 0 spiro atoms. The van der Waals surface area contributed by atoms with Gasteiger partial charge in [0.1, 0.15) is 5.82 Å². The number of thioether (sulfide) groups is 1. The average Bonchev–Trinajstić information content (AvgIpc) is 2.82. The van der Waals surface area contributed by atoms with Crippen molar-refractivity contribution in [2.45, 2.75) is 44.9 Å². The molecule has 0 radical (unpaired) electrons. The molecule has 2 heterocycles. The Kier molecular flexibility index (Phi) is 3.71. The summed E-state index contributed by atoms with van der Waals surface area (Å²) in [7, 11) is 0. The van der Waals surface area contributed by atoms with Gasteiger partial charge >= 0.3 is 0 Å². The van der Waals surface area contributed by atoms with Crippen LogP contribution in [0.1, 0.15) is 34.1 Å². The molecule has 0 N–H and O–H groups in total. The van der Waals surface area contributed by atoms with Gasteiger partial charge in [0.15, 0.2) is 5.12 Å². The summed E-state index contributed by atoms with van der Waals surface area (Å²) in [6.45, 7) is 8.26. The standard InChI is InChI=1S/C13H19N3O2S/c1-9(17)19-10-7-12(18)15(8-10)11-5-6-14-16(11)13(2,3)4/h5-6,10H,7-8H2,1-4H3. The first-order valence-electron chi connectivity index (χ1n) is 6.31. The number of hydrogen-bond acceptors (Lipinski definition) is 4.